The summed E-state index contributed by atoms with van der Waals surface area (Å²) in [5.74, 6) is 0.267. The van der Waals surface area contributed by atoms with Gasteiger partial charge in [0.05, 0.1) is 26.0 Å². The molecule has 0 amide bonds. The number of ether oxygens (including phenoxy) is 1. The molecule has 21 heavy (non-hydrogen) atoms. The molecule has 118 valence electrons. The van der Waals surface area contributed by atoms with Gasteiger partial charge in [-0.25, -0.2) is 13.1 Å². The zero-order valence-corrected chi connectivity index (χ0v) is 13.8. The van der Waals surface area contributed by atoms with Crippen molar-refractivity contribution in [2.24, 2.45) is 5.92 Å². The van der Waals surface area contributed by atoms with Gasteiger partial charge in [-0.3, -0.25) is 0 Å². The first-order valence-corrected chi connectivity index (χ1v) is 9.70. The van der Waals surface area contributed by atoms with Crippen molar-refractivity contribution in [3.8, 4) is 0 Å². The Labute approximate surface area is 128 Å². The number of sulfonamides is 1. The van der Waals surface area contributed by atoms with E-state index in [0.29, 0.717) is 13.2 Å². The van der Waals surface area contributed by atoms with Crippen LogP contribution in [0, 0.1) is 12.8 Å². The highest BCUT2D eigenvalue weighted by Gasteiger charge is 2.47. The molecule has 2 fully saturated rings. The van der Waals surface area contributed by atoms with Gasteiger partial charge in [0.2, 0.25) is 15.2 Å². The predicted molar refractivity (Wildman–Crippen MR) is 81.1 cm³/mol. The maximum absolute atomic E-state index is 11.1. The Bertz CT molecular complexity index is 600. The van der Waals surface area contributed by atoms with Gasteiger partial charge in [0.15, 0.2) is 0 Å². The normalized spacial score (nSPS) is 25.0. The van der Waals surface area contributed by atoms with Crippen LogP contribution in [0.5, 0.6) is 0 Å². The Hall–Kier alpha value is -0.770. The van der Waals surface area contributed by atoms with Crippen LogP contribution in [0.1, 0.15) is 17.8 Å². The van der Waals surface area contributed by atoms with Crippen molar-refractivity contribution in [3.63, 3.8) is 0 Å². The minimum absolute atomic E-state index is 0.0683. The molecule has 1 N–H and O–H groups in total. The van der Waals surface area contributed by atoms with E-state index >= 15 is 0 Å². The highest BCUT2D eigenvalue weighted by atomic mass is 32.2. The molecule has 1 spiro atoms. The first kappa shape index (κ1) is 15.1. The highest BCUT2D eigenvalue weighted by molar-refractivity contribution is 7.88. The average Bonchev–Trinajstić information content (AvgIpc) is 2.80. The zero-order valence-electron chi connectivity index (χ0n) is 12.2. The molecule has 0 aliphatic carbocycles. The van der Waals surface area contributed by atoms with Gasteiger partial charge in [-0.05, 0) is 25.7 Å². The van der Waals surface area contributed by atoms with Crippen LogP contribution in [0.3, 0.4) is 0 Å². The number of aryl methyl sites for hydroxylation is 1. The summed E-state index contributed by atoms with van der Waals surface area (Å²) in [5.41, 5.74) is -0.0683. The van der Waals surface area contributed by atoms with Gasteiger partial charge >= 0.3 is 0 Å². The Morgan fingerprint density at radius 1 is 1.48 bits per heavy atom. The molecule has 1 atom stereocenters. The fraction of sp³-hybridized carbons (Fsp3) is 0.833. The summed E-state index contributed by atoms with van der Waals surface area (Å²) in [5, 5.41) is 10.1. The van der Waals surface area contributed by atoms with E-state index in [2.05, 4.69) is 19.8 Å². The molecule has 0 bridgehead atoms. The Morgan fingerprint density at radius 3 is 2.76 bits per heavy atom. The van der Waals surface area contributed by atoms with E-state index in [1.807, 2.05) is 6.92 Å². The fourth-order valence-corrected chi connectivity index (χ4v) is 4.02. The molecule has 1 aromatic heterocycles. The first-order valence-electron chi connectivity index (χ1n) is 6.99. The topological polar surface area (TPSA) is 84.4 Å². The molecule has 2 aliphatic heterocycles. The maximum atomic E-state index is 11.1. The molecule has 7 nitrogen and oxygen atoms in total. The van der Waals surface area contributed by atoms with Crippen molar-refractivity contribution < 1.29 is 13.2 Å². The third-order valence-electron chi connectivity index (χ3n) is 4.01. The standard InChI is InChI=1S/C12H20N4O3S2/c1-9-14-15-11(20-9)16-7-12(8-16)4-3-10(6-19-12)5-13-21(2,17)18/h10,13H,3-8H2,1-2H3. The Kier molecular flexibility index (Phi) is 3.93. The van der Waals surface area contributed by atoms with E-state index in [-0.39, 0.29) is 11.5 Å². The number of nitrogens with zero attached hydrogens (tertiary/aromatic N) is 3. The molecule has 2 saturated heterocycles. The molecular formula is C12H20N4O3S2. The Morgan fingerprint density at radius 2 is 2.24 bits per heavy atom. The number of nitrogens with one attached hydrogen (secondary N) is 1. The number of hydrogen-bond acceptors (Lipinski definition) is 7. The number of hydrogen-bond donors (Lipinski definition) is 1. The fourth-order valence-electron chi connectivity index (χ4n) is 2.80. The van der Waals surface area contributed by atoms with E-state index in [1.165, 1.54) is 6.26 Å². The third-order valence-corrected chi connectivity index (χ3v) is 5.60. The quantitative estimate of drug-likeness (QED) is 0.858. The lowest BCUT2D eigenvalue weighted by atomic mass is 9.83. The molecule has 1 unspecified atom stereocenters. The van der Waals surface area contributed by atoms with Crippen molar-refractivity contribution >= 4 is 26.5 Å². The van der Waals surface area contributed by atoms with Crippen LogP contribution in [-0.4, -0.2) is 56.7 Å². The van der Waals surface area contributed by atoms with E-state index in [1.54, 1.807) is 11.3 Å². The summed E-state index contributed by atoms with van der Waals surface area (Å²) in [4.78, 5) is 2.19. The summed E-state index contributed by atoms with van der Waals surface area (Å²) in [6.45, 7) is 4.74. The number of aromatic nitrogens is 2. The molecule has 3 rings (SSSR count). The van der Waals surface area contributed by atoms with E-state index in [9.17, 15) is 8.42 Å². The molecule has 0 radical (unpaired) electrons. The molecule has 0 saturated carbocycles. The lowest BCUT2D eigenvalue weighted by Crippen LogP contribution is -2.65. The zero-order chi connectivity index (χ0) is 15.1. The van der Waals surface area contributed by atoms with Gasteiger partial charge in [-0.2, -0.15) is 0 Å². The smallest absolute Gasteiger partial charge is 0.208 e. The highest BCUT2D eigenvalue weighted by Crippen LogP contribution is 2.39. The second-order valence-corrected chi connectivity index (χ2v) is 8.97. The van der Waals surface area contributed by atoms with Crippen molar-refractivity contribution in [1.82, 2.24) is 14.9 Å². The van der Waals surface area contributed by atoms with E-state index in [4.69, 9.17) is 4.74 Å². The molecule has 0 aromatic carbocycles. The van der Waals surface area contributed by atoms with Crippen LogP contribution in [0.4, 0.5) is 5.13 Å². The number of anilines is 1. The summed E-state index contributed by atoms with van der Waals surface area (Å²) < 4.78 is 30.8. The first-order chi connectivity index (χ1) is 9.85. The SMILES string of the molecule is Cc1nnc(N2CC3(CCC(CNS(C)(=O)=O)CO3)C2)s1. The van der Waals surface area contributed by atoms with Crippen LogP contribution < -0.4 is 9.62 Å². The largest absolute Gasteiger partial charge is 0.371 e. The lowest BCUT2D eigenvalue weighted by Gasteiger charge is -2.52. The minimum Gasteiger partial charge on any atom is -0.371 e. The summed E-state index contributed by atoms with van der Waals surface area (Å²) >= 11 is 1.60. The van der Waals surface area contributed by atoms with Gasteiger partial charge in [-0.1, -0.05) is 11.3 Å². The van der Waals surface area contributed by atoms with Crippen molar-refractivity contribution in [3.05, 3.63) is 5.01 Å². The van der Waals surface area contributed by atoms with E-state index in [0.717, 1.165) is 36.1 Å². The summed E-state index contributed by atoms with van der Waals surface area (Å²) in [7, 11) is -3.11. The Balaban J connectivity index is 1.47. The van der Waals surface area contributed by atoms with Crippen LogP contribution in [0.2, 0.25) is 0 Å². The van der Waals surface area contributed by atoms with Crippen LogP contribution >= 0.6 is 11.3 Å². The maximum Gasteiger partial charge on any atom is 0.208 e. The molecule has 1 aromatic rings. The van der Waals surface area contributed by atoms with Gasteiger partial charge in [0, 0.05) is 6.54 Å². The second-order valence-electron chi connectivity index (χ2n) is 5.98. The van der Waals surface area contributed by atoms with Crippen molar-refractivity contribution in [2.45, 2.75) is 25.4 Å². The molecular weight excluding hydrogens is 312 g/mol. The molecule has 9 heteroatoms. The van der Waals surface area contributed by atoms with Crippen LogP contribution in [-0.2, 0) is 14.8 Å². The second kappa shape index (κ2) is 5.45. The summed E-state index contributed by atoms with van der Waals surface area (Å²) in [6.07, 6.45) is 3.15. The van der Waals surface area contributed by atoms with Gasteiger partial charge in [0.1, 0.15) is 10.6 Å². The molecule has 2 aliphatic rings. The lowest BCUT2D eigenvalue weighted by molar-refractivity contribution is -0.114. The van der Waals surface area contributed by atoms with Gasteiger partial charge < -0.3 is 9.64 Å². The van der Waals surface area contributed by atoms with Crippen LogP contribution in [0.25, 0.3) is 0 Å². The van der Waals surface area contributed by atoms with E-state index < -0.39 is 10.0 Å². The van der Waals surface area contributed by atoms with Crippen molar-refractivity contribution in [1.29, 1.82) is 0 Å². The predicted octanol–water partition coefficient (Wildman–Crippen LogP) is 0.381. The van der Waals surface area contributed by atoms with Crippen LogP contribution in [0.15, 0.2) is 0 Å². The van der Waals surface area contributed by atoms with Crippen molar-refractivity contribution in [2.75, 3.05) is 37.4 Å². The third kappa shape index (κ3) is 3.53. The van der Waals surface area contributed by atoms with Gasteiger partial charge in [-0.15, -0.1) is 10.2 Å². The minimum atomic E-state index is -3.11. The van der Waals surface area contributed by atoms with Gasteiger partial charge in [0.25, 0.3) is 0 Å². The average molecular weight is 332 g/mol. The monoisotopic (exact) mass is 332 g/mol. The molecule has 3 heterocycles. The summed E-state index contributed by atoms with van der Waals surface area (Å²) in [6, 6.07) is 0. The number of rotatable bonds is 4.